The maximum atomic E-state index is 12.3. The predicted molar refractivity (Wildman–Crippen MR) is 89.7 cm³/mol. The standard InChI is InChI=1S/C19H16O7/c1-23-14-5-3-2-4-10(14)17(18-13(21)8-24-19(18)22)11-6-15-16(7-12(11)20)26-9-25-15/h2-7,17,20-21H,8-9H2,1H3/t17-/m0/s1. The number of methoxy groups -OCH3 is 1. The summed E-state index contributed by atoms with van der Waals surface area (Å²) < 4.78 is 21.0. The summed E-state index contributed by atoms with van der Waals surface area (Å²) in [6.45, 7) is -0.154. The van der Waals surface area contributed by atoms with Crippen molar-refractivity contribution >= 4 is 5.97 Å². The maximum absolute atomic E-state index is 12.3. The van der Waals surface area contributed by atoms with E-state index in [1.165, 1.54) is 13.2 Å². The minimum Gasteiger partial charge on any atom is -0.508 e. The average molecular weight is 356 g/mol. The fourth-order valence-corrected chi connectivity index (χ4v) is 3.25. The van der Waals surface area contributed by atoms with Crippen molar-refractivity contribution in [3.63, 3.8) is 0 Å². The quantitative estimate of drug-likeness (QED) is 0.813. The second-order valence-corrected chi connectivity index (χ2v) is 5.88. The number of aromatic hydroxyl groups is 1. The van der Waals surface area contributed by atoms with E-state index >= 15 is 0 Å². The molecular formula is C19H16O7. The number of carbonyl (C=O) groups excluding carboxylic acids is 1. The van der Waals surface area contributed by atoms with Crippen molar-refractivity contribution in [1.29, 1.82) is 0 Å². The van der Waals surface area contributed by atoms with Gasteiger partial charge in [-0.05, 0) is 12.1 Å². The molecule has 2 heterocycles. The first-order valence-corrected chi connectivity index (χ1v) is 7.94. The van der Waals surface area contributed by atoms with Gasteiger partial charge in [0.2, 0.25) is 6.79 Å². The Balaban J connectivity index is 1.95. The first-order chi connectivity index (χ1) is 12.6. The van der Waals surface area contributed by atoms with Crippen LogP contribution in [0.5, 0.6) is 23.0 Å². The lowest BCUT2D eigenvalue weighted by molar-refractivity contribution is -0.136. The van der Waals surface area contributed by atoms with Gasteiger partial charge in [0.15, 0.2) is 11.5 Å². The SMILES string of the molecule is COc1ccccc1[C@H](C1=C(O)COC1=O)c1cc2c(cc1O)OCO2. The lowest BCUT2D eigenvalue weighted by Gasteiger charge is -2.21. The molecule has 4 rings (SSSR count). The Morgan fingerprint density at radius 1 is 1.04 bits per heavy atom. The maximum Gasteiger partial charge on any atom is 0.338 e. The first kappa shape index (κ1) is 16.1. The molecule has 0 saturated carbocycles. The second kappa shape index (κ2) is 6.18. The van der Waals surface area contributed by atoms with Crippen molar-refractivity contribution in [2.24, 2.45) is 0 Å². The van der Waals surface area contributed by atoms with E-state index in [1.54, 1.807) is 30.3 Å². The van der Waals surface area contributed by atoms with Crippen LogP contribution in [-0.2, 0) is 9.53 Å². The molecule has 0 bridgehead atoms. The molecule has 0 spiro atoms. The number of cyclic esters (lactones) is 1. The third-order valence-corrected chi connectivity index (χ3v) is 4.44. The normalized spacial score (nSPS) is 16.6. The van der Waals surface area contributed by atoms with Crippen molar-refractivity contribution in [2.75, 3.05) is 20.5 Å². The summed E-state index contributed by atoms with van der Waals surface area (Å²) in [5, 5.41) is 20.8. The number of aliphatic hydroxyl groups excluding tert-OH is 1. The molecule has 2 aromatic rings. The molecule has 2 aliphatic heterocycles. The monoisotopic (exact) mass is 356 g/mol. The number of para-hydroxylation sites is 1. The Morgan fingerprint density at radius 2 is 1.77 bits per heavy atom. The van der Waals surface area contributed by atoms with E-state index in [-0.39, 0.29) is 30.5 Å². The summed E-state index contributed by atoms with van der Waals surface area (Å²) in [6, 6.07) is 10.1. The summed E-state index contributed by atoms with van der Waals surface area (Å²) in [5.74, 6) is -0.338. The van der Waals surface area contributed by atoms with Gasteiger partial charge in [0.05, 0.1) is 18.6 Å². The van der Waals surface area contributed by atoms with Crippen molar-refractivity contribution < 1.29 is 34.0 Å². The molecule has 0 unspecified atom stereocenters. The van der Waals surface area contributed by atoms with Gasteiger partial charge in [-0.15, -0.1) is 0 Å². The molecule has 0 aliphatic carbocycles. The summed E-state index contributed by atoms with van der Waals surface area (Å²) in [7, 11) is 1.51. The summed E-state index contributed by atoms with van der Waals surface area (Å²) in [4.78, 5) is 12.3. The Bertz CT molecular complexity index is 916. The van der Waals surface area contributed by atoms with Crippen LogP contribution in [-0.4, -0.2) is 36.7 Å². The van der Waals surface area contributed by atoms with Gasteiger partial charge in [-0.1, -0.05) is 18.2 Å². The van der Waals surface area contributed by atoms with E-state index in [0.717, 1.165) is 0 Å². The Hall–Kier alpha value is -3.35. The highest BCUT2D eigenvalue weighted by molar-refractivity contribution is 5.94. The smallest absolute Gasteiger partial charge is 0.338 e. The van der Waals surface area contributed by atoms with Crippen LogP contribution >= 0.6 is 0 Å². The van der Waals surface area contributed by atoms with E-state index in [4.69, 9.17) is 18.9 Å². The van der Waals surface area contributed by atoms with Crippen molar-refractivity contribution in [3.05, 3.63) is 58.9 Å². The molecule has 7 heteroatoms. The molecule has 134 valence electrons. The van der Waals surface area contributed by atoms with Crippen LogP contribution in [0.15, 0.2) is 47.7 Å². The van der Waals surface area contributed by atoms with Gasteiger partial charge in [0.1, 0.15) is 23.9 Å². The van der Waals surface area contributed by atoms with Gasteiger partial charge in [-0.2, -0.15) is 0 Å². The van der Waals surface area contributed by atoms with Crippen molar-refractivity contribution in [1.82, 2.24) is 0 Å². The zero-order valence-electron chi connectivity index (χ0n) is 13.9. The molecule has 0 aromatic heterocycles. The van der Waals surface area contributed by atoms with Gasteiger partial charge in [0, 0.05) is 17.2 Å². The highest BCUT2D eigenvalue weighted by Crippen LogP contribution is 2.47. The zero-order valence-corrected chi connectivity index (χ0v) is 13.9. The molecule has 0 amide bonds. The molecule has 7 nitrogen and oxygen atoms in total. The number of esters is 1. The molecular weight excluding hydrogens is 340 g/mol. The van der Waals surface area contributed by atoms with Crippen LogP contribution in [0.25, 0.3) is 0 Å². The minimum atomic E-state index is -0.796. The van der Waals surface area contributed by atoms with Crippen LogP contribution in [0.4, 0.5) is 0 Å². The molecule has 1 atom stereocenters. The molecule has 2 N–H and O–H groups in total. The van der Waals surface area contributed by atoms with Crippen LogP contribution in [0, 0.1) is 0 Å². The van der Waals surface area contributed by atoms with Gasteiger partial charge in [0.25, 0.3) is 0 Å². The van der Waals surface area contributed by atoms with Gasteiger partial charge < -0.3 is 29.2 Å². The lowest BCUT2D eigenvalue weighted by atomic mass is 9.83. The average Bonchev–Trinajstić information content (AvgIpc) is 3.23. The molecule has 26 heavy (non-hydrogen) atoms. The van der Waals surface area contributed by atoms with Gasteiger partial charge in [-0.3, -0.25) is 0 Å². The third kappa shape index (κ3) is 2.48. The fraction of sp³-hybridized carbons (Fsp3) is 0.211. The number of phenolic OH excluding ortho intramolecular Hbond substituents is 1. The number of fused-ring (bicyclic) bond motifs is 1. The lowest BCUT2D eigenvalue weighted by Crippen LogP contribution is -2.13. The number of carbonyl (C=O) groups is 1. The van der Waals surface area contributed by atoms with Crippen molar-refractivity contribution in [3.8, 4) is 23.0 Å². The Labute approximate surface area is 149 Å². The largest absolute Gasteiger partial charge is 0.508 e. The highest BCUT2D eigenvalue weighted by atomic mass is 16.7. The number of aliphatic hydroxyl groups is 1. The van der Waals surface area contributed by atoms with E-state index in [9.17, 15) is 15.0 Å². The van der Waals surface area contributed by atoms with E-state index in [0.29, 0.717) is 28.4 Å². The Morgan fingerprint density at radius 3 is 2.46 bits per heavy atom. The Kier molecular flexibility index (Phi) is 3.84. The number of phenols is 1. The molecule has 0 radical (unpaired) electrons. The van der Waals surface area contributed by atoms with E-state index < -0.39 is 11.9 Å². The van der Waals surface area contributed by atoms with Crippen LogP contribution in [0.3, 0.4) is 0 Å². The van der Waals surface area contributed by atoms with Crippen LogP contribution in [0.1, 0.15) is 17.0 Å². The third-order valence-electron chi connectivity index (χ3n) is 4.44. The molecule has 0 fully saturated rings. The first-order valence-electron chi connectivity index (χ1n) is 7.94. The zero-order chi connectivity index (χ0) is 18.3. The summed E-state index contributed by atoms with van der Waals surface area (Å²) in [5.41, 5.74) is 1.03. The number of hydrogen-bond donors (Lipinski definition) is 2. The van der Waals surface area contributed by atoms with Gasteiger partial charge in [-0.25, -0.2) is 4.79 Å². The topological polar surface area (TPSA) is 94.5 Å². The van der Waals surface area contributed by atoms with Gasteiger partial charge >= 0.3 is 5.97 Å². The number of rotatable bonds is 4. The van der Waals surface area contributed by atoms with Crippen LogP contribution in [0.2, 0.25) is 0 Å². The number of hydrogen-bond acceptors (Lipinski definition) is 7. The van der Waals surface area contributed by atoms with Crippen LogP contribution < -0.4 is 14.2 Å². The molecule has 2 aromatic carbocycles. The highest BCUT2D eigenvalue weighted by Gasteiger charge is 2.37. The summed E-state index contributed by atoms with van der Waals surface area (Å²) in [6.07, 6.45) is 0. The van der Waals surface area contributed by atoms with E-state index in [2.05, 4.69) is 0 Å². The number of ether oxygens (including phenoxy) is 4. The number of benzene rings is 2. The molecule has 2 aliphatic rings. The van der Waals surface area contributed by atoms with E-state index in [1.807, 2.05) is 0 Å². The minimum absolute atomic E-state index is 0.0491. The van der Waals surface area contributed by atoms with Crippen molar-refractivity contribution in [2.45, 2.75) is 5.92 Å². The fourth-order valence-electron chi connectivity index (χ4n) is 3.25. The predicted octanol–water partition coefficient (Wildman–Crippen LogP) is 2.63. The summed E-state index contributed by atoms with van der Waals surface area (Å²) >= 11 is 0. The second-order valence-electron chi connectivity index (χ2n) is 5.88. The molecule has 0 saturated heterocycles.